The lowest BCUT2D eigenvalue weighted by molar-refractivity contribution is -0.120. The lowest BCUT2D eigenvalue weighted by Gasteiger charge is -2.10. The van der Waals surface area contributed by atoms with E-state index in [1.165, 1.54) is 17.7 Å². The van der Waals surface area contributed by atoms with Gasteiger partial charge in [0.25, 0.3) is 0 Å². The van der Waals surface area contributed by atoms with Crippen molar-refractivity contribution in [3.8, 4) is 11.3 Å². The van der Waals surface area contributed by atoms with Gasteiger partial charge < -0.3 is 9.88 Å². The van der Waals surface area contributed by atoms with Gasteiger partial charge in [0.15, 0.2) is 0 Å². The number of amides is 1. The number of imidazole rings is 1. The van der Waals surface area contributed by atoms with E-state index in [0.717, 1.165) is 42.2 Å². The second kappa shape index (κ2) is 7.21. The summed E-state index contributed by atoms with van der Waals surface area (Å²) in [6, 6.07) is 8.46. The first kappa shape index (κ1) is 16.1. The van der Waals surface area contributed by atoms with Crippen LogP contribution in [0.1, 0.15) is 30.8 Å². The van der Waals surface area contributed by atoms with Crippen LogP contribution in [0.5, 0.6) is 0 Å². The third kappa shape index (κ3) is 3.44. The standard InChI is InChI=1S/C18H23N3OS/c1-19-17(22)12-15-18(13-7-9-14(23-2)10-8-13)20-16-6-4-3-5-11-21(15)16/h7-10H,3-6,11-12H2,1-2H3,(H,19,22). The molecule has 0 spiro atoms. The van der Waals surface area contributed by atoms with Crippen molar-refractivity contribution in [2.75, 3.05) is 13.3 Å². The second-order valence-electron chi connectivity index (χ2n) is 5.86. The molecule has 0 bridgehead atoms. The first-order chi connectivity index (χ1) is 11.2. The van der Waals surface area contributed by atoms with Gasteiger partial charge in [-0.1, -0.05) is 18.6 Å². The number of aryl methyl sites for hydroxylation is 1. The van der Waals surface area contributed by atoms with Gasteiger partial charge in [-0.3, -0.25) is 4.79 Å². The van der Waals surface area contributed by atoms with Crippen LogP contribution in [-0.2, 0) is 24.2 Å². The lowest BCUT2D eigenvalue weighted by atomic mass is 10.1. The maximum Gasteiger partial charge on any atom is 0.225 e. The molecule has 1 aliphatic heterocycles. The van der Waals surface area contributed by atoms with Crippen molar-refractivity contribution in [1.82, 2.24) is 14.9 Å². The number of hydrogen-bond donors (Lipinski definition) is 1. The lowest BCUT2D eigenvalue weighted by Crippen LogP contribution is -2.22. The summed E-state index contributed by atoms with van der Waals surface area (Å²) in [5.74, 6) is 1.17. The summed E-state index contributed by atoms with van der Waals surface area (Å²) in [4.78, 5) is 18.1. The van der Waals surface area contributed by atoms with Gasteiger partial charge in [0.05, 0.1) is 17.8 Å². The highest BCUT2D eigenvalue weighted by molar-refractivity contribution is 7.98. The number of hydrogen-bond acceptors (Lipinski definition) is 3. The number of thioether (sulfide) groups is 1. The van der Waals surface area contributed by atoms with Crippen molar-refractivity contribution >= 4 is 17.7 Å². The molecule has 1 aromatic heterocycles. The summed E-state index contributed by atoms with van der Waals surface area (Å²) in [6.07, 6.45) is 7.05. The van der Waals surface area contributed by atoms with Crippen LogP contribution in [0.3, 0.4) is 0 Å². The molecule has 0 atom stereocenters. The van der Waals surface area contributed by atoms with Crippen LogP contribution in [0.15, 0.2) is 29.2 Å². The van der Waals surface area contributed by atoms with Crippen LogP contribution < -0.4 is 5.32 Å². The van der Waals surface area contributed by atoms with E-state index < -0.39 is 0 Å². The molecular weight excluding hydrogens is 306 g/mol. The van der Waals surface area contributed by atoms with Gasteiger partial charge in [-0.25, -0.2) is 4.98 Å². The molecule has 3 rings (SSSR count). The highest BCUT2D eigenvalue weighted by atomic mass is 32.2. The predicted molar refractivity (Wildman–Crippen MR) is 94.8 cm³/mol. The van der Waals surface area contributed by atoms with Gasteiger partial charge in [-0.15, -0.1) is 11.8 Å². The number of aromatic nitrogens is 2. The van der Waals surface area contributed by atoms with Crippen molar-refractivity contribution in [1.29, 1.82) is 0 Å². The molecule has 0 unspecified atom stereocenters. The number of fused-ring (bicyclic) bond motifs is 1. The van der Waals surface area contributed by atoms with E-state index >= 15 is 0 Å². The number of nitrogens with one attached hydrogen (secondary N) is 1. The topological polar surface area (TPSA) is 46.9 Å². The Morgan fingerprint density at radius 1 is 1.26 bits per heavy atom. The zero-order valence-electron chi connectivity index (χ0n) is 13.8. The van der Waals surface area contributed by atoms with Crippen molar-refractivity contribution < 1.29 is 4.79 Å². The molecule has 5 heteroatoms. The minimum Gasteiger partial charge on any atom is -0.359 e. The van der Waals surface area contributed by atoms with Gasteiger partial charge in [-0.05, 0) is 31.2 Å². The van der Waals surface area contributed by atoms with Crippen LogP contribution in [0.4, 0.5) is 0 Å². The molecule has 1 aromatic carbocycles. The van der Waals surface area contributed by atoms with E-state index in [-0.39, 0.29) is 5.91 Å². The summed E-state index contributed by atoms with van der Waals surface area (Å²) >= 11 is 1.73. The normalized spacial score (nSPS) is 14.2. The predicted octanol–water partition coefficient (Wildman–Crippen LogP) is 3.29. The fraction of sp³-hybridized carbons (Fsp3) is 0.444. The van der Waals surface area contributed by atoms with Gasteiger partial charge in [0, 0.05) is 30.5 Å². The Balaban J connectivity index is 2.05. The number of carbonyl (C=O) groups is 1. The molecule has 23 heavy (non-hydrogen) atoms. The maximum atomic E-state index is 12.0. The van der Waals surface area contributed by atoms with Crippen LogP contribution in [0, 0.1) is 0 Å². The fourth-order valence-corrected chi connectivity index (χ4v) is 3.53. The first-order valence-corrected chi connectivity index (χ1v) is 9.38. The monoisotopic (exact) mass is 329 g/mol. The summed E-state index contributed by atoms with van der Waals surface area (Å²) < 4.78 is 2.28. The van der Waals surface area contributed by atoms with Crippen LogP contribution in [0.25, 0.3) is 11.3 Å². The van der Waals surface area contributed by atoms with E-state index in [9.17, 15) is 4.79 Å². The molecule has 0 saturated carbocycles. The Bertz CT molecular complexity index is 691. The van der Waals surface area contributed by atoms with Crippen molar-refractivity contribution in [3.05, 3.63) is 35.8 Å². The van der Waals surface area contributed by atoms with Gasteiger partial charge in [0.2, 0.25) is 5.91 Å². The van der Waals surface area contributed by atoms with Gasteiger partial charge in [0.1, 0.15) is 5.82 Å². The highest BCUT2D eigenvalue weighted by Gasteiger charge is 2.21. The van der Waals surface area contributed by atoms with E-state index in [2.05, 4.69) is 40.4 Å². The molecule has 2 aromatic rings. The van der Waals surface area contributed by atoms with Crippen LogP contribution in [0.2, 0.25) is 0 Å². The van der Waals surface area contributed by atoms with Gasteiger partial charge in [-0.2, -0.15) is 0 Å². The smallest absolute Gasteiger partial charge is 0.225 e. The maximum absolute atomic E-state index is 12.0. The Kier molecular flexibility index (Phi) is 5.06. The quantitative estimate of drug-likeness (QED) is 0.876. The molecule has 2 heterocycles. The fourth-order valence-electron chi connectivity index (χ4n) is 3.12. The van der Waals surface area contributed by atoms with Crippen LogP contribution >= 0.6 is 11.8 Å². The Morgan fingerprint density at radius 2 is 2.04 bits per heavy atom. The molecule has 0 aliphatic carbocycles. The largest absolute Gasteiger partial charge is 0.359 e. The zero-order chi connectivity index (χ0) is 16.2. The molecule has 0 fully saturated rings. The Hall–Kier alpha value is -1.75. The van der Waals surface area contributed by atoms with Crippen molar-refractivity contribution in [3.63, 3.8) is 0 Å². The average Bonchev–Trinajstić information content (AvgIpc) is 2.77. The number of benzene rings is 1. The summed E-state index contributed by atoms with van der Waals surface area (Å²) in [7, 11) is 1.69. The second-order valence-corrected chi connectivity index (χ2v) is 6.74. The van der Waals surface area contributed by atoms with Crippen molar-refractivity contribution in [2.24, 2.45) is 0 Å². The number of likely N-dealkylation sites (N-methyl/N-ethyl adjacent to an activating group) is 1. The molecular formula is C18H23N3OS. The molecule has 1 aliphatic rings. The molecule has 4 nitrogen and oxygen atoms in total. The molecule has 0 radical (unpaired) electrons. The number of carbonyl (C=O) groups excluding carboxylic acids is 1. The minimum atomic E-state index is 0.0407. The highest BCUT2D eigenvalue weighted by Crippen LogP contribution is 2.29. The van der Waals surface area contributed by atoms with E-state index in [1.807, 2.05) is 0 Å². The third-order valence-electron chi connectivity index (χ3n) is 4.40. The number of nitrogens with zero attached hydrogens (tertiary/aromatic N) is 2. The Morgan fingerprint density at radius 3 is 2.74 bits per heavy atom. The molecule has 1 amide bonds. The summed E-state index contributed by atoms with van der Waals surface area (Å²) in [5.41, 5.74) is 3.12. The average molecular weight is 329 g/mol. The zero-order valence-corrected chi connectivity index (χ0v) is 14.6. The first-order valence-electron chi connectivity index (χ1n) is 8.16. The minimum absolute atomic E-state index is 0.0407. The number of rotatable bonds is 4. The summed E-state index contributed by atoms with van der Waals surface area (Å²) in [5, 5.41) is 2.74. The molecule has 1 N–H and O–H groups in total. The Labute approximate surface area is 141 Å². The van der Waals surface area contributed by atoms with Crippen molar-refractivity contribution in [2.45, 2.75) is 43.5 Å². The van der Waals surface area contributed by atoms with E-state index in [0.29, 0.717) is 6.42 Å². The molecule has 122 valence electrons. The third-order valence-corrected chi connectivity index (χ3v) is 5.15. The molecule has 0 saturated heterocycles. The van der Waals surface area contributed by atoms with Gasteiger partial charge >= 0.3 is 0 Å². The van der Waals surface area contributed by atoms with Crippen LogP contribution in [-0.4, -0.2) is 28.8 Å². The summed E-state index contributed by atoms with van der Waals surface area (Å²) in [6.45, 7) is 0.970. The van der Waals surface area contributed by atoms with E-state index in [1.54, 1.807) is 18.8 Å². The van der Waals surface area contributed by atoms with E-state index in [4.69, 9.17) is 4.98 Å². The SMILES string of the molecule is CNC(=O)Cc1c(-c2ccc(SC)cc2)nc2n1CCCCC2.